The van der Waals surface area contributed by atoms with Crippen molar-refractivity contribution in [3.63, 3.8) is 0 Å². The molecule has 2 heterocycles. The van der Waals surface area contributed by atoms with Crippen molar-refractivity contribution >= 4 is 29.1 Å². The van der Waals surface area contributed by atoms with Crippen LogP contribution in [-0.2, 0) is 0 Å². The lowest BCUT2D eigenvalue weighted by molar-refractivity contribution is 0.864. The SMILES string of the molecule is Cc1cc(C(C)C)ccc1C=CC=NNc1nn(-c2ccccc2)c2ncncc12. The van der Waals surface area contributed by atoms with Gasteiger partial charge >= 0.3 is 0 Å². The van der Waals surface area contributed by atoms with E-state index in [1.54, 1.807) is 17.1 Å². The molecule has 2 aromatic carbocycles. The van der Waals surface area contributed by atoms with E-state index in [4.69, 9.17) is 0 Å². The summed E-state index contributed by atoms with van der Waals surface area (Å²) < 4.78 is 1.78. The number of benzene rings is 2. The average Bonchev–Trinajstić information content (AvgIpc) is 3.14. The fourth-order valence-electron chi connectivity index (χ4n) is 3.23. The van der Waals surface area contributed by atoms with Crippen LogP contribution in [-0.4, -0.2) is 26.0 Å². The van der Waals surface area contributed by atoms with Crippen molar-refractivity contribution < 1.29 is 0 Å². The molecule has 6 nitrogen and oxygen atoms in total. The van der Waals surface area contributed by atoms with Crippen molar-refractivity contribution in [2.45, 2.75) is 26.7 Å². The Morgan fingerprint density at radius 2 is 1.93 bits per heavy atom. The first-order chi connectivity index (χ1) is 14.6. The van der Waals surface area contributed by atoms with Crippen LogP contribution in [0.2, 0.25) is 0 Å². The summed E-state index contributed by atoms with van der Waals surface area (Å²) >= 11 is 0. The first-order valence-corrected chi connectivity index (χ1v) is 9.94. The fourth-order valence-corrected chi connectivity index (χ4v) is 3.23. The summed E-state index contributed by atoms with van der Waals surface area (Å²) in [7, 11) is 0. The lowest BCUT2D eigenvalue weighted by Crippen LogP contribution is -1.98. The first-order valence-electron chi connectivity index (χ1n) is 9.94. The first kappa shape index (κ1) is 19.5. The highest BCUT2D eigenvalue weighted by Gasteiger charge is 2.12. The minimum absolute atomic E-state index is 0.530. The average molecular weight is 396 g/mol. The molecule has 0 radical (unpaired) electrons. The zero-order chi connectivity index (χ0) is 20.9. The number of rotatable bonds is 6. The Morgan fingerprint density at radius 1 is 1.10 bits per heavy atom. The van der Waals surface area contributed by atoms with Crippen molar-refractivity contribution in [1.82, 2.24) is 19.7 Å². The largest absolute Gasteiger partial charge is 0.259 e. The number of hydrogen-bond donors (Lipinski definition) is 1. The molecular weight excluding hydrogens is 372 g/mol. The normalized spacial score (nSPS) is 11.9. The number of nitrogens with one attached hydrogen (secondary N) is 1. The Balaban J connectivity index is 1.52. The van der Waals surface area contributed by atoms with Gasteiger partial charge in [0, 0.05) is 12.4 Å². The minimum atomic E-state index is 0.530. The Morgan fingerprint density at radius 3 is 2.70 bits per heavy atom. The topological polar surface area (TPSA) is 68.0 Å². The molecule has 0 aliphatic heterocycles. The van der Waals surface area contributed by atoms with Gasteiger partial charge in [-0.2, -0.15) is 5.10 Å². The maximum atomic E-state index is 4.62. The van der Waals surface area contributed by atoms with E-state index in [1.807, 2.05) is 36.4 Å². The van der Waals surface area contributed by atoms with Crippen molar-refractivity contribution in [1.29, 1.82) is 0 Å². The quantitative estimate of drug-likeness (QED) is 0.352. The van der Waals surface area contributed by atoms with Crippen LogP contribution in [0.25, 0.3) is 22.8 Å². The van der Waals surface area contributed by atoms with Gasteiger partial charge in [0.2, 0.25) is 0 Å². The van der Waals surface area contributed by atoms with Gasteiger partial charge in [-0.05, 0) is 47.7 Å². The van der Waals surface area contributed by atoms with Gasteiger partial charge in [0.1, 0.15) is 6.33 Å². The molecule has 0 fully saturated rings. The number of nitrogens with zero attached hydrogens (tertiary/aromatic N) is 5. The van der Waals surface area contributed by atoms with Crippen molar-refractivity contribution in [2.75, 3.05) is 5.43 Å². The van der Waals surface area contributed by atoms with Crippen molar-refractivity contribution in [2.24, 2.45) is 5.10 Å². The third-order valence-corrected chi connectivity index (χ3v) is 4.92. The van der Waals surface area contributed by atoms with Crippen molar-refractivity contribution in [3.05, 3.63) is 83.8 Å². The Kier molecular flexibility index (Phi) is 5.66. The van der Waals surface area contributed by atoms with E-state index in [0.717, 1.165) is 16.7 Å². The fraction of sp³-hybridized carbons (Fsp3) is 0.167. The number of aromatic nitrogens is 4. The molecule has 150 valence electrons. The third kappa shape index (κ3) is 4.12. The molecule has 0 atom stereocenters. The molecule has 0 amide bonds. The number of para-hydroxylation sites is 1. The van der Waals surface area contributed by atoms with Crippen molar-refractivity contribution in [3.8, 4) is 5.69 Å². The van der Waals surface area contributed by atoms with E-state index in [1.165, 1.54) is 23.0 Å². The Labute approximate surface area is 176 Å². The summed E-state index contributed by atoms with van der Waals surface area (Å²) in [6, 6.07) is 16.4. The van der Waals surface area contributed by atoms with Gasteiger partial charge in [0.15, 0.2) is 11.5 Å². The minimum Gasteiger partial charge on any atom is -0.259 e. The van der Waals surface area contributed by atoms with E-state index in [0.29, 0.717) is 11.7 Å². The molecule has 0 aliphatic rings. The predicted molar refractivity (Wildman–Crippen MR) is 123 cm³/mol. The van der Waals surface area contributed by atoms with Crippen LogP contribution in [0.3, 0.4) is 0 Å². The van der Waals surface area contributed by atoms with Crippen LogP contribution in [0.5, 0.6) is 0 Å². The summed E-state index contributed by atoms with van der Waals surface area (Å²) in [5, 5.41) is 9.72. The summed E-state index contributed by atoms with van der Waals surface area (Å²) in [5.74, 6) is 1.14. The number of hydrazone groups is 1. The van der Waals surface area contributed by atoms with Gasteiger partial charge in [0.25, 0.3) is 0 Å². The van der Waals surface area contributed by atoms with Gasteiger partial charge in [-0.25, -0.2) is 14.6 Å². The second kappa shape index (κ2) is 8.69. The molecular formula is C24H24N6. The maximum absolute atomic E-state index is 4.62. The maximum Gasteiger partial charge on any atom is 0.179 e. The third-order valence-electron chi connectivity index (χ3n) is 4.92. The van der Waals surface area contributed by atoms with Crippen LogP contribution < -0.4 is 5.43 Å². The predicted octanol–water partition coefficient (Wildman–Crippen LogP) is 5.36. The second-order valence-electron chi connectivity index (χ2n) is 7.38. The zero-order valence-corrected chi connectivity index (χ0v) is 17.3. The van der Waals surface area contributed by atoms with Gasteiger partial charge in [-0.3, -0.25) is 5.43 Å². The van der Waals surface area contributed by atoms with Crippen LogP contribution in [0.4, 0.5) is 5.82 Å². The number of anilines is 1. The number of aryl methyl sites for hydroxylation is 1. The monoisotopic (exact) mass is 396 g/mol. The molecule has 2 aromatic heterocycles. The van der Waals surface area contributed by atoms with Gasteiger partial charge < -0.3 is 0 Å². The van der Waals surface area contributed by atoms with Crippen LogP contribution in [0.1, 0.15) is 36.5 Å². The van der Waals surface area contributed by atoms with E-state index in [-0.39, 0.29) is 0 Å². The summed E-state index contributed by atoms with van der Waals surface area (Å²) in [6.45, 7) is 6.54. The highest BCUT2D eigenvalue weighted by molar-refractivity contribution is 5.88. The Hall–Kier alpha value is -3.80. The number of hydrogen-bond acceptors (Lipinski definition) is 5. The Bertz CT molecular complexity index is 1210. The molecule has 30 heavy (non-hydrogen) atoms. The molecule has 0 bridgehead atoms. The second-order valence-corrected chi connectivity index (χ2v) is 7.38. The molecule has 0 saturated carbocycles. The number of fused-ring (bicyclic) bond motifs is 1. The molecule has 1 N–H and O–H groups in total. The lowest BCUT2D eigenvalue weighted by atomic mass is 9.98. The zero-order valence-electron chi connectivity index (χ0n) is 17.3. The summed E-state index contributed by atoms with van der Waals surface area (Å²) in [4.78, 5) is 8.50. The van der Waals surface area contributed by atoms with Gasteiger partial charge in [0.05, 0.1) is 11.1 Å². The van der Waals surface area contributed by atoms with E-state index in [2.05, 4.69) is 70.6 Å². The highest BCUT2D eigenvalue weighted by Crippen LogP contribution is 2.23. The highest BCUT2D eigenvalue weighted by atomic mass is 15.4. The van der Waals surface area contributed by atoms with Crippen LogP contribution in [0.15, 0.2) is 72.2 Å². The molecule has 0 spiro atoms. The molecule has 6 heteroatoms. The van der Waals surface area contributed by atoms with E-state index < -0.39 is 0 Å². The molecule has 4 rings (SSSR count). The smallest absolute Gasteiger partial charge is 0.179 e. The number of allylic oxidation sites excluding steroid dienone is 1. The van der Waals surface area contributed by atoms with Crippen LogP contribution in [0, 0.1) is 6.92 Å². The molecule has 0 saturated heterocycles. The molecule has 0 aliphatic carbocycles. The summed E-state index contributed by atoms with van der Waals surface area (Å²) in [5.41, 5.74) is 8.45. The van der Waals surface area contributed by atoms with E-state index >= 15 is 0 Å². The van der Waals surface area contributed by atoms with Gasteiger partial charge in [-0.1, -0.05) is 56.3 Å². The van der Waals surface area contributed by atoms with Gasteiger partial charge in [-0.15, -0.1) is 5.10 Å². The molecule has 0 unspecified atom stereocenters. The lowest BCUT2D eigenvalue weighted by Gasteiger charge is -2.08. The summed E-state index contributed by atoms with van der Waals surface area (Å²) in [6.07, 6.45) is 8.94. The van der Waals surface area contributed by atoms with E-state index in [9.17, 15) is 0 Å². The standard InChI is InChI=1S/C24H24N6/c1-17(2)20-12-11-19(18(3)14-20)8-7-13-27-28-23-22-15-25-16-26-24(22)30(29-23)21-9-5-4-6-10-21/h4-17H,1-3H3,(H,28,29). The van der Waals surface area contributed by atoms with Crippen LogP contribution >= 0.6 is 0 Å². The molecule has 4 aromatic rings.